The van der Waals surface area contributed by atoms with Gasteiger partial charge in [-0.05, 0) is 37.8 Å². The first-order valence-electron chi connectivity index (χ1n) is 5.83. The molecule has 0 radical (unpaired) electrons. The Morgan fingerprint density at radius 2 is 1.88 bits per heavy atom. The average Bonchev–Trinajstić information content (AvgIpc) is 2.39. The van der Waals surface area contributed by atoms with Crippen LogP contribution in [0.25, 0.3) is 0 Å². The summed E-state index contributed by atoms with van der Waals surface area (Å²) in [7, 11) is 2.13. The standard InChI is InChI=1S/C13H17N3/c1-16(13-6-8-15-9-7-13)12-4-2-11(10-14)3-5-12/h6-9,11-12H,2-5H2,1H3. The van der Waals surface area contributed by atoms with Gasteiger partial charge in [0.15, 0.2) is 0 Å². The Kier molecular flexibility index (Phi) is 3.40. The van der Waals surface area contributed by atoms with Crippen molar-refractivity contribution in [3.05, 3.63) is 24.5 Å². The van der Waals surface area contributed by atoms with Gasteiger partial charge in [0.05, 0.1) is 6.07 Å². The van der Waals surface area contributed by atoms with E-state index < -0.39 is 0 Å². The minimum Gasteiger partial charge on any atom is -0.372 e. The van der Waals surface area contributed by atoms with Crippen LogP contribution in [0.5, 0.6) is 0 Å². The number of anilines is 1. The summed E-state index contributed by atoms with van der Waals surface area (Å²) in [6.07, 6.45) is 7.97. The van der Waals surface area contributed by atoms with Gasteiger partial charge >= 0.3 is 0 Å². The van der Waals surface area contributed by atoms with E-state index in [0.29, 0.717) is 6.04 Å². The fraction of sp³-hybridized carbons (Fsp3) is 0.538. The van der Waals surface area contributed by atoms with Gasteiger partial charge in [-0.1, -0.05) is 0 Å². The van der Waals surface area contributed by atoms with E-state index in [4.69, 9.17) is 5.26 Å². The quantitative estimate of drug-likeness (QED) is 0.761. The normalized spacial score (nSPS) is 24.8. The van der Waals surface area contributed by atoms with E-state index in [1.165, 1.54) is 5.69 Å². The van der Waals surface area contributed by atoms with Gasteiger partial charge in [-0.15, -0.1) is 0 Å². The fourth-order valence-electron chi connectivity index (χ4n) is 2.38. The molecule has 0 aliphatic heterocycles. The molecule has 1 aliphatic carbocycles. The number of hydrogen-bond acceptors (Lipinski definition) is 3. The Morgan fingerprint density at radius 3 is 2.44 bits per heavy atom. The Bertz CT molecular complexity index is 361. The minimum atomic E-state index is 0.280. The van der Waals surface area contributed by atoms with Crippen molar-refractivity contribution in [2.45, 2.75) is 31.7 Å². The van der Waals surface area contributed by atoms with E-state index in [-0.39, 0.29) is 5.92 Å². The van der Waals surface area contributed by atoms with Crippen LogP contribution in [0, 0.1) is 17.2 Å². The average molecular weight is 215 g/mol. The van der Waals surface area contributed by atoms with Crippen molar-refractivity contribution in [3.8, 4) is 6.07 Å². The number of hydrogen-bond donors (Lipinski definition) is 0. The van der Waals surface area contributed by atoms with Crippen LogP contribution >= 0.6 is 0 Å². The molecule has 1 heterocycles. The highest BCUT2D eigenvalue weighted by Crippen LogP contribution is 2.28. The largest absolute Gasteiger partial charge is 0.372 e. The topological polar surface area (TPSA) is 39.9 Å². The molecule has 0 amide bonds. The Hall–Kier alpha value is -1.56. The molecule has 0 spiro atoms. The molecule has 0 unspecified atom stereocenters. The second kappa shape index (κ2) is 4.98. The lowest BCUT2D eigenvalue weighted by molar-refractivity contribution is 0.372. The molecule has 84 valence electrons. The van der Waals surface area contributed by atoms with Gasteiger partial charge in [0.1, 0.15) is 0 Å². The van der Waals surface area contributed by atoms with Crippen molar-refractivity contribution >= 4 is 5.69 Å². The summed E-state index contributed by atoms with van der Waals surface area (Å²) in [5, 5.41) is 8.86. The molecular formula is C13H17N3. The van der Waals surface area contributed by atoms with E-state index in [9.17, 15) is 0 Å². The van der Waals surface area contributed by atoms with Crippen molar-refractivity contribution < 1.29 is 0 Å². The van der Waals surface area contributed by atoms with Gasteiger partial charge in [0.2, 0.25) is 0 Å². The van der Waals surface area contributed by atoms with Gasteiger partial charge in [-0.3, -0.25) is 4.98 Å². The predicted octanol–water partition coefficient (Wildman–Crippen LogP) is 2.60. The molecule has 1 aromatic heterocycles. The highest BCUT2D eigenvalue weighted by atomic mass is 15.1. The maximum absolute atomic E-state index is 8.86. The lowest BCUT2D eigenvalue weighted by Crippen LogP contribution is -2.34. The molecule has 3 nitrogen and oxygen atoms in total. The van der Waals surface area contributed by atoms with Crippen LogP contribution in [0.2, 0.25) is 0 Å². The van der Waals surface area contributed by atoms with Crippen LogP contribution in [-0.4, -0.2) is 18.1 Å². The van der Waals surface area contributed by atoms with Crippen LogP contribution in [0.3, 0.4) is 0 Å². The smallest absolute Gasteiger partial charge is 0.0655 e. The number of nitrogens with zero attached hydrogens (tertiary/aromatic N) is 3. The summed E-state index contributed by atoms with van der Waals surface area (Å²) in [5.41, 5.74) is 1.22. The van der Waals surface area contributed by atoms with Crippen molar-refractivity contribution in [2.75, 3.05) is 11.9 Å². The summed E-state index contributed by atoms with van der Waals surface area (Å²) in [6, 6.07) is 7.03. The van der Waals surface area contributed by atoms with E-state index >= 15 is 0 Å². The molecule has 1 fully saturated rings. The van der Waals surface area contributed by atoms with Gasteiger partial charge in [0, 0.05) is 37.1 Å². The van der Waals surface area contributed by atoms with E-state index in [0.717, 1.165) is 25.7 Å². The van der Waals surface area contributed by atoms with Crippen LogP contribution in [0.1, 0.15) is 25.7 Å². The fourth-order valence-corrected chi connectivity index (χ4v) is 2.38. The van der Waals surface area contributed by atoms with Crippen LogP contribution in [0.15, 0.2) is 24.5 Å². The lowest BCUT2D eigenvalue weighted by atomic mass is 9.86. The van der Waals surface area contributed by atoms with Gasteiger partial charge in [-0.2, -0.15) is 5.26 Å². The summed E-state index contributed by atoms with van der Waals surface area (Å²) in [4.78, 5) is 6.34. The number of aromatic nitrogens is 1. The zero-order chi connectivity index (χ0) is 11.4. The third kappa shape index (κ3) is 2.33. The first kappa shape index (κ1) is 10.9. The highest BCUT2D eigenvalue weighted by Gasteiger charge is 2.23. The monoisotopic (exact) mass is 215 g/mol. The van der Waals surface area contributed by atoms with Crippen molar-refractivity contribution in [1.29, 1.82) is 5.26 Å². The summed E-state index contributed by atoms with van der Waals surface area (Å²) >= 11 is 0. The van der Waals surface area contributed by atoms with Crippen molar-refractivity contribution in [3.63, 3.8) is 0 Å². The Morgan fingerprint density at radius 1 is 1.25 bits per heavy atom. The molecule has 16 heavy (non-hydrogen) atoms. The summed E-state index contributed by atoms with van der Waals surface area (Å²) in [5.74, 6) is 0.280. The minimum absolute atomic E-state index is 0.280. The zero-order valence-corrected chi connectivity index (χ0v) is 9.63. The van der Waals surface area contributed by atoms with Crippen LogP contribution < -0.4 is 4.90 Å². The molecule has 3 heteroatoms. The molecule has 0 N–H and O–H groups in total. The molecule has 1 aromatic rings. The molecule has 0 bridgehead atoms. The molecule has 0 aromatic carbocycles. The third-order valence-electron chi connectivity index (χ3n) is 3.50. The van der Waals surface area contributed by atoms with Crippen LogP contribution in [0.4, 0.5) is 5.69 Å². The zero-order valence-electron chi connectivity index (χ0n) is 9.63. The van der Waals surface area contributed by atoms with Gasteiger partial charge < -0.3 is 4.90 Å². The Balaban J connectivity index is 1.97. The van der Waals surface area contributed by atoms with Crippen LogP contribution in [-0.2, 0) is 0 Å². The van der Waals surface area contributed by atoms with E-state index in [2.05, 4.69) is 23.0 Å². The van der Waals surface area contributed by atoms with Gasteiger partial charge in [0.25, 0.3) is 0 Å². The molecule has 0 saturated heterocycles. The number of rotatable bonds is 2. The lowest BCUT2D eigenvalue weighted by Gasteiger charge is -2.34. The number of nitriles is 1. The second-order valence-electron chi connectivity index (χ2n) is 4.45. The van der Waals surface area contributed by atoms with E-state index in [1.54, 1.807) is 0 Å². The Labute approximate surface area is 96.7 Å². The first-order chi connectivity index (χ1) is 7.81. The molecule has 1 saturated carbocycles. The predicted molar refractivity (Wildman–Crippen MR) is 64.0 cm³/mol. The number of pyridine rings is 1. The molecule has 0 atom stereocenters. The molecular weight excluding hydrogens is 198 g/mol. The molecule has 2 rings (SSSR count). The first-order valence-corrected chi connectivity index (χ1v) is 5.83. The summed E-state index contributed by atoms with van der Waals surface area (Å²) < 4.78 is 0. The second-order valence-corrected chi connectivity index (χ2v) is 4.45. The maximum atomic E-state index is 8.86. The highest BCUT2D eigenvalue weighted by molar-refractivity contribution is 5.44. The third-order valence-corrected chi connectivity index (χ3v) is 3.50. The SMILES string of the molecule is CN(c1ccncc1)C1CCC(C#N)CC1. The van der Waals surface area contributed by atoms with Crippen molar-refractivity contribution in [2.24, 2.45) is 5.92 Å². The summed E-state index contributed by atoms with van der Waals surface area (Å²) in [6.45, 7) is 0. The molecule has 1 aliphatic rings. The maximum Gasteiger partial charge on any atom is 0.0655 e. The van der Waals surface area contributed by atoms with Gasteiger partial charge in [-0.25, -0.2) is 0 Å². The van der Waals surface area contributed by atoms with E-state index in [1.807, 2.05) is 24.5 Å². The van der Waals surface area contributed by atoms with Crippen molar-refractivity contribution in [1.82, 2.24) is 4.98 Å².